The van der Waals surface area contributed by atoms with Crippen LogP contribution in [0.3, 0.4) is 0 Å². The van der Waals surface area contributed by atoms with E-state index in [0.717, 1.165) is 38.4 Å². The van der Waals surface area contributed by atoms with Crippen molar-refractivity contribution in [3.8, 4) is 0 Å². The van der Waals surface area contributed by atoms with Gasteiger partial charge in [-0.3, -0.25) is 9.80 Å². The Balaban J connectivity index is 2.02. The van der Waals surface area contributed by atoms with Gasteiger partial charge in [0.2, 0.25) is 0 Å². The normalized spacial score (nSPS) is 21.6. The third-order valence-electron chi connectivity index (χ3n) is 3.70. The number of nitrogen functional groups attached to an aromatic ring is 1. The van der Waals surface area contributed by atoms with Crippen LogP contribution >= 0.6 is 11.6 Å². The zero-order valence-corrected chi connectivity index (χ0v) is 12.3. The van der Waals surface area contributed by atoms with Crippen molar-refractivity contribution in [2.75, 3.05) is 31.6 Å². The topological polar surface area (TPSA) is 57.4 Å². The summed E-state index contributed by atoms with van der Waals surface area (Å²) in [5.74, 6) is 6.04. The molecule has 0 amide bonds. The fourth-order valence-electron chi connectivity index (χ4n) is 2.57. The Bertz CT molecular complexity index is 425. The Morgan fingerprint density at radius 1 is 1.47 bits per heavy atom. The number of piperazine rings is 1. The second-order valence-corrected chi connectivity index (χ2v) is 5.39. The summed E-state index contributed by atoms with van der Waals surface area (Å²) < 4.78 is 0. The zero-order chi connectivity index (χ0) is 13.8. The van der Waals surface area contributed by atoms with Gasteiger partial charge < -0.3 is 5.43 Å². The number of likely N-dealkylation sites (N-methyl/N-ethyl adjacent to an activating group) is 1. The first kappa shape index (κ1) is 14.5. The molecule has 1 atom stereocenters. The Labute approximate surface area is 119 Å². The van der Waals surface area contributed by atoms with E-state index >= 15 is 0 Å². The minimum absolute atomic E-state index is 0.577. The predicted molar refractivity (Wildman–Crippen MR) is 79.0 cm³/mol. The molecule has 1 saturated heterocycles. The molecule has 0 spiro atoms. The number of nitrogens with zero attached hydrogens (tertiary/aromatic N) is 3. The summed E-state index contributed by atoms with van der Waals surface area (Å²) in [6, 6.07) is 4.20. The molecule has 2 rings (SSSR count). The van der Waals surface area contributed by atoms with Gasteiger partial charge in [0.1, 0.15) is 5.82 Å². The molecular formula is C13H22ClN5. The first-order valence-electron chi connectivity index (χ1n) is 6.72. The van der Waals surface area contributed by atoms with E-state index in [9.17, 15) is 0 Å². The molecule has 2 heterocycles. The number of hydrogen-bond acceptors (Lipinski definition) is 5. The minimum Gasteiger partial charge on any atom is -0.308 e. The van der Waals surface area contributed by atoms with Gasteiger partial charge in [0, 0.05) is 32.2 Å². The highest BCUT2D eigenvalue weighted by atomic mass is 35.5. The van der Waals surface area contributed by atoms with E-state index in [-0.39, 0.29) is 0 Å². The van der Waals surface area contributed by atoms with E-state index in [0.29, 0.717) is 16.9 Å². The quantitative estimate of drug-likeness (QED) is 0.649. The highest BCUT2D eigenvalue weighted by Gasteiger charge is 2.23. The molecule has 1 unspecified atom stereocenters. The molecule has 5 nitrogen and oxygen atoms in total. The van der Waals surface area contributed by atoms with Crippen LogP contribution in [-0.4, -0.2) is 47.0 Å². The maximum Gasteiger partial charge on any atom is 0.140 e. The summed E-state index contributed by atoms with van der Waals surface area (Å²) in [5, 5.41) is 0.699. The lowest BCUT2D eigenvalue weighted by atomic mass is 10.2. The molecule has 6 heteroatoms. The number of hydrogen-bond donors (Lipinski definition) is 2. The van der Waals surface area contributed by atoms with Gasteiger partial charge in [0.15, 0.2) is 0 Å². The maximum atomic E-state index is 6.20. The number of nitrogens with one attached hydrogen (secondary N) is 1. The summed E-state index contributed by atoms with van der Waals surface area (Å²) in [7, 11) is 0. The molecule has 1 fully saturated rings. The minimum atomic E-state index is 0.577. The summed E-state index contributed by atoms with van der Waals surface area (Å²) in [6.07, 6.45) is 0. The van der Waals surface area contributed by atoms with Crippen LogP contribution < -0.4 is 11.3 Å². The molecule has 0 saturated carbocycles. The number of rotatable bonds is 4. The van der Waals surface area contributed by atoms with Crippen molar-refractivity contribution in [1.29, 1.82) is 0 Å². The number of anilines is 1. The van der Waals surface area contributed by atoms with E-state index in [4.69, 9.17) is 17.4 Å². The highest BCUT2D eigenvalue weighted by molar-refractivity contribution is 6.31. The summed E-state index contributed by atoms with van der Waals surface area (Å²) in [5.41, 5.74) is 3.44. The smallest absolute Gasteiger partial charge is 0.140 e. The van der Waals surface area contributed by atoms with E-state index in [2.05, 4.69) is 34.1 Å². The van der Waals surface area contributed by atoms with Gasteiger partial charge in [-0.2, -0.15) is 0 Å². The van der Waals surface area contributed by atoms with Crippen LogP contribution in [0.2, 0.25) is 5.02 Å². The molecule has 0 bridgehead atoms. The molecule has 0 aromatic carbocycles. The zero-order valence-electron chi connectivity index (χ0n) is 11.6. The summed E-state index contributed by atoms with van der Waals surface area (Å²) >= 11 is 6.20. The number of pyridine rings is 1. The summed E-state index contributed by atoms with van der Waals surface area (Å²) in [4.78, 5) is 9.31. The lowest BCUT2D eigenvalue weighted by molar-refractivity contribution is 0.0827. The van der Waals surface area contributed by atoms with Crippen LogP contribution in [0.5, 0.6) is 0 Å². The average Bonchev–Trinajstić information content (AvgIpc) is 2.41. The van der Waals surface area contributed by atoms with Crippen LogP contribution in [0, 0.1) is 0 Å². The van der Waals surface area contributed by atoms with Gasteiger partial charge in [-0.05, 0) is 25.6 Å². The Kier molecular flexibility index (Phi) is 4.99. The highest BCUT2D eigenvalue weighted by Crippen LogP contribution is 2.19. The van der Waals surface area contributed by atoms with E-state index in [1.807, 2.05) is 6.07 Å². The molecule has 0 aliphatic carbocycles. The fourth-order valence-corrected chi connectivity index (χ4v) is 2.74. The van der Waals surface area contributed by atoms with Gasteiger partial charge in [0.05, 0.1) is 10.7 Å². The second-order valence-electron chi connectivity index (χ2n) is 4.98. The number of aromatic nitrogens is 1. The van der Waals surface area contributed by atoms with Crippen molar-refractivity contribution < 1.29 is 0 Å². The molecule has 19 heavy (non-hydrogen) atoms. The molecule has 1 aromatic heterocycles. The van der Waals surface area contributed by atoms with Crippen LogP contribution in [0.1, 0.15) is 19.5 Å². The van der Waals surface area contributed by atoms with Crippen LogP contribution in [-0.2, 0) is 6.54 Å². The van der Waals surface area contributed by atoms with Crippen LogP contribution in [0.15, 0.2) is 12.1 Å². The molecule has 1 aromatic rings. The third kappa shape index (κ3) is 3.57. The Morgan fingerprint density at radius 3 is 2.89 bits per heavy atom. The third-order valence-corrected chi connectivity index (χ3v) is 4.04. The predicted octanol–water partition coefficient (Wildman–Crippen LogP) is 1.55. The van der Waals surface area contributed by atoms with Crippen molar-refractivity contribution in [2.24, 2.45) is 5.84 Å². The number of hydrazine groups is 1. The van der Waals surface area contributed by atoms with E-state index in [1.54, 1.807) is 6.07 Å². The SMILES string of the molecule is CCN1CCN(Cc2nc(NN)ccc2Cl)CC1C. The molecular weight excluding hydrogens is 262 g/mol. The maximum absolute atomic E-state index is 6.20. The number of halogens is 1. The monoisotopic (exact) mass is 283 g/mol. The van der Waals surface area contributed by atoms with Gasteiger partial charge in [-0.15, -0.1) is 0 Å². The van der Waals surface area contributed by atoms with Gasteiger partial charge >= 0.3 is 0 Å². The molecule has 1 aliphatic heterocycles. The average molecular weight is 284 g/mol. The van der Waals surface area contributed by atoms with Gasteiger partial charge in [0.25, 0.3) is 0 Å². The lowest BCUT2D eigenvalue weighted by Gasteiger charge is -2.39. The summed E-state index contributed by atoms with van der Waals surface area (Å²) in [6.45, 7) is 9.56. The van der Waals surface area contributed by atoms with E-state index in [1.165, 1.54) is 0 Å². The van der Waals surface area contributed by atoms with E-state index < -0.39 is 0 Å². The second kappa shape index (κ2) is 6.52. The van der Waals surface area contributed by atoms with Crippen molar-refractivity contribution in [1.82, 2.24) is 14.8 Å². The lowest BCUT2D eigenvalue weighted by Crippen LogP contribution is -2.51. The van der Waals surface area contributed by atoms with Crippen molar-refractivity contribution in [2.45, 2.75) is 26.4 Å². The molecule has 106 valence electrons. The first-order valence-corrected chi connectivity index (χ1v) is 7.10. The van der Waals surface area contributed by atoms with Crippen molar-refractivity contribution in [3.63, 3.8) is 0 Å². The van der Waals surface area contributed by atoms with Crippen LogP contribution in [0.4, 0.5) is 5.82 Å². The van der Waals surface area contributed by atoms with Crippen molar-refractivity contribution >= 4 is 17.4 Å². The fraction of sp³-hybridized carbons (Fsp3) is 0.615. The van der Waals surface area contributed by atoms with Gasteiger partial charge in [-0.25, -0.2) is 10.8 Å². The van der Waals surface area contributed by atoms with Gasteiger partial charge in [-0.1, -0.05) is 18.5 Å². The van der Waals surface area contributed by atoms with Crippen molar-refractivity contribution in [3.05, 3.63) is 22.8 Å². The Morgan fingerprint density at radius 2 is 2.26 bits per heavy atom. The molecule has 3 N–H and O–H groups in total. The molecule has 1 aliphatic rings. The first-order chi connectivity index (χ1) is 9.13. The standard InChI is InChI=1S/C13H22ClN5/c1-3-19-7-6-18(8-10(19)2)9-12-11(14)4-5-13(16-12)17-15/h4-5,10H,3,6-9,15H2,1-2H3,(H,16,17). The van der Waals surface area contributed by atoms with Crippen LogP contribution in [0.25, 0.3) is 0 Å². The Hall–Kier alpha value is -0.880. The largest absolute Gasteiger partial charge is 0.308 e. The number of nitrogens with two attached hydrogens (primary N) is 1. The molecule has 0 radical (unpaired) electrons.